The molecule has 0 aliphatic carbocycles. The number of hydrogen-bond acceptors (Lipinski definition) is 6. The minimum atomic E-state index is -4.46. The predicted molar refractivity (Wildman–Crippen MR) is 327 cm³/mol. The summed E-state index contributed by atoms with van der Waals surface area (Å²) in [6.45, 7) is 6.84. The van der Waals surface area contributed by atoms with Gasteiger partial charge in [0.1, 0.15) is 19.3 Å². The summed E-state index contributed by atoms with van der Waals surface area (Å²) in [5, 5.41) is 3.04. The van der Waals surface area contributed by atoms with Crippen molar-refractivity contribution in [3.63, 3.8) is 0 Å². The van der Waals surface area contributed by atoms with E-state index in [1.807, 2.05) is 33.3 Å². The standard InChI is InChI=1S/C66H117N2O7P/c1-7-10-13-16-19-22-25-28-30-32-34-36-38-40-43-46-49-52-55-58-65(69)67-63(62-74-76(71,72)73-61-60-68(4,5)6)64(57-54-51-48-45-42-27-24-21-18-15-12-9-3)75-66(70)59-56-53-50-47-44-41-39-37-35-33-31-29-26-23-20-17-14-11-8-2/h10,13,19-20,22-23,28-31,34,36,40,43,54,57,63-64H,7-9,11-12,14-18,21,24-27,32-33,35,37-39,41-42,44-53,55-56,58-62H2,1-6H3,(H-,67,69,71,72)/p+1/b13-10-,22-19-,23-20-,30-28-,31-29-,36-34-,43-40-,57-54+. The first kappa shape index (κ1) is 72.9. The fourth-order valence-electron chi connectivity index (χ4n) is 8.47. The molecule has 0 aromatic carbocycles. The van der Waals surface area contributed by atoms with E-state index in [-0.39, 0.29) is 37.9 Å². The highest BCUT2D eigenvalue weighted by atomic mass is 31.2. The number of phosphoric ester groups is 1. The zero-order valence-corrected chi connectivity index (χ0v) is 50.9. The summed E-state index contributed by atoms with van der Waals surface area (Å²) in [4.78, 5) is 37.7. The van der Waals surface area contributed by atoms with Gasteiger partial charge in [0.05, 0.1) is 33.8 Å². The molecule has 1 amide bonds. The van der Waals surface area contributed by atoms with Crippen molar-refractivity contribution in [1.29, 1.82) is 0 Å². The molecule has 438 valence electrons. The van der Waals surface area contributed by atoms with Crippen LogP contribution in [0.3, 0.4) is 0 Å². The smallest absolute Gasteiger partial charge is 0.456 e. The van der Waals surface area contributed by atoms with Crippen molar-refractivity contribution in [2.45, 2.75) is 270 Å². The van der Waals surface area contributed by atoms with Gasteiger partial charge in [0, 0.05) is 12.8 Å². The second-order valence-corrected chi connectivity index (χ2v) is 23.3. The molecule has 0 saturated carbocycles. The third kappa shape index (κ3) is 55.7. The highest BCUT2D eigenvalue weighted by Crippen LogP contribution is 2.43. The maximum atomic E-state index is 13.5. The number of esters is 1. The molecule has 2 N–H and O–H groups in total. The molecular weight excluding hydrogens is 964 g/mol. The predicted octanol–water partition coefficient (Wildman–Crippen LogP) is 19.2. The quantitative estimate of drug-likeness (QED) is 0.0205. The zero-order valence-electron chi connectivity index (χ0n) is 50.0. The van der Waals surface area contributed by atoms with Crippen LogP contribution in [0.25, 0.3) is 0 Å². The molecule has 0 radical (unpaired) electrons. The van der Waals surface area contributed by atoms with Gasteiger partial charge in [-0.05, 0) is 109 Å². The first-order valence-electron chi connectivity index (χ1n) is 31.1. The highest BCUT2D eigenvalue weighted by Gasteiger charge is 2.30. The fraction of sp³-hybridized carbons (Fsp3) is 0.727. The molecule has 0 bridgehead atoms. The second kappa shape index (κ2) is 55.3. The minimum Gasteiger partial charge on any atom is -0.456 e. The van der Waals surface area contributed by atoms with Crippen LogP contribution in [0.15, 0.2) is 97.2 Å². The molecule has 3 atom stereocenters. The third-order valence-corrected chi connectivity index (χ3v) is 14.2. The number of hydrogen-bond donors (Lipinski definition) is 2. The lowest BCUT2D eigenvalue weighted by Gasteiger charge is -2.27. The van der Waals surface area contributed by atoms with Crippen molar-refractivity contribution in [3.8, 4) is 0 Å². The molecule has 0 spiro atoms. The van der Waals surface area contributed by atoms with Crippen LogP contribution in [0.1, 0.15) is 258 Å². The van der Waals surface area contributed by atoms with Crippen molar-refractivity contribution in [1.82, 2.24) is 5.32 Å². The number of ether oxygens (including phenoxy) is 1. The van der Waals surface area contributed by atoms with Gasteiger partial charge in [-0.2, -0.15) is 0 Å². The van der Waals surface area contributed by atoms with Crippen molar-refractivity contribution < 1.29 is 37.3 Å². The van der Waals surface area contributed by atoms with Crippen LogP contribution < -0.4 is 5.32 Å². The summed E-state index contributed by atoms with van der Waals surface area (Å²) in [5.41, 5.74) is 0. The van der Waals surface area contributed by atoms with E-state index in [4.69, 9.17) is 13.8 Å². The Balaban J connectivity index is 5.33. The van der Waals surface area contributed by atoms with Crippen LogP contribution in [0.5, 0.6) is 0 Å². The third-order valence-electron chi connectivity index (χ3n) is 13.3. The second-order valence-electron chi connectivity index (χ2n) is 21.8. The average molecular weight is 1080 g/mol. The van der Waals surface area contributed by atoms with Gasteiger partial charge in [-0.15, -0.1) is 0 Å². The van der Waals surface area contributed by atoms with Crippen molar-refractivity contribution in [2.75, 3.05) is 40.9 Å². The van der Waals surface area contributed by atoms with E-state index < -0.39 is 20.0 Å². The van der Waals surface area contributed by atoms with E-state index >= 15 is 0 Å². The van der Waals surface area contributed by atoms with E-state index in [9.17, 15) is 19.0 Å². The fourth-order valence-corrected chi connectivity index (χ4v) is 9.20. The van der Waals surface area contributed by atoms with Gasteiger partial charge in [0.2, 0.25) is 5.91 Å². The molecule has 0 heterocycles. The topological polar surface area (TPSA) is 111 Å². The molecule has 10 heteroatoms. The van der Waals surface area contributed by atoms with E-state index in [0.717, 1.165) is 109 Å². The van der Waals surface area contributed by atoms with E-state index in [0.29, 0.717) is 17.4 Å². The van der Waals surface area contributed by atoms with E-state index in [1.54, 1.807) is 0 Å². The number of likely N-dealkylation sites (N-methyl/N-ethyl adjacent to an activating group) is 1. The Morgan fingerprint density at radius 3 is 1.30 bits per heavy atom. The average Bonchev–Trinajstić information content (AvgIpc) is 3.38. The molecular formula is C66H118N2O7P+. The van der Waals surface area contributed by atoms with E-state index in [2.05, 4.69) is 111 Å². The first-order chi connectivity index (χ1) is 36.9. The molecule has 0 rings (SSSR count). The summed E-state index contributed by atoms with van der Waals surface area (Å²) in [5.74, 6) is -0.550. The maximum absolute atomic E-state index is 13.5. The van der Waals surface area contributed by atoms with Crippen LogP contribution >= 0.6 is 7.82 Å². The van der Waals surface area contributed by atoms with Crippen molar-refractivity contribution >= 4 is 19.7 Å². The molecule has 0 saturated heterocycles. The lowest BCUT2D eigenvalue weighted by Crippen LogP contribution is -2.47. The summed E-state index contributed by atoms with van der Waals surface area (Å²) in [6, 6.07) is -0.873. The molecule has 9 nitrogen and oxygen atoms in total. The Hall–Kier alpha value is -3.07. The Labute approximate surface area is 468 Å². The van der Waals surface area contributed by atoms with Crippen LogP contribution in [-0.4, -0.2) is 74.3 Å². The van der Waals surface area contributed by atoms with Gasteiger partial charge in [0.25, 0.3) is 0 Å². The number of carbonyl (C=O) groups excluding carboxylic acids is 2. The van der Waals surface area contributed by atoms with Gasteiger partial charge in [0.15, 0.2) is 0 Å². The summed E-state index contributed by atoms with van der Waals surface area (Å²) >= 11 is 0. The lowest BCUT2D eigenvalue weighted by atomic mass is 10.0. The lowest BCUT2D eigenvalue weighted by molar-refractivity contribution is -0.870. The highest BCUT2D eigenvalue weighted by molar-refractivity contribution is 7.47. The largest absolute Gasteiger partial charge is 0.472 e. The van der Waals surface area contributed by atoms with Gasteiger partial charge in [-0.3, -0.25) is 18.6 Å². The summed E-state index contributed by atoms with van der Waals surface area (Å²) in [7, 11) is 1.46. The minimum absolute atomic E-state index is 0.0284. The number of rotatable bonds is 55. The van der Waals surface area contributed by atoms with Gasteiger partial charge in [-0.1, -0.05) is 234 Å². The van der Waals surface area contributed by atoms with Gasteiger partial charge in [-0.25, -0.2) is 4.57 Å². The molecule has 0 aliphatic rings. The first-order valence-corrected chi connectivity index (χ1v) is 32.6. The van der Waals surface area contributed by atoms with Crippen molar-refractivity contribution in [3.05, 3.63) is 97.2 Å². The number of nitrogens with one attached hydrogen (secondary N) is 1. The maximum Gasteiger partial charge on any atom is 0.472 e. The molecule has 3 unspecified atom stereocenters. The Bertz CT molecular complexity index is 1620. The normalized spacial score (nSPS) is 14.4. The van der Waals surface area contributed by atoms with Crippen LogP contribution in [0.4, 0.5) is 0 Å². The number of allylic oxidation sites excluding steroid dienone is 15. The van der Waals surface area contributed by atoms with Gasteiger partial charge >= 0.3 is 13.8 Å². The van der Waals surface area contributed by atoms with Crippen LogP contribution in [0, 0.1) is 0 Å². The molecule has 0 aromatic heterocycles. The van der Waals surface area contributed by atoms with Crippen LogP contribution in [-0.2, 0) is 27.9 Å². The monoisotopic (exact) mass is 1080 g/mol. The number of nitrogens with zero attached hydrogens (tertiary/aromatic N) is 1. The Kier molecular flexibility index (Phi) is 53.0. The van der Waals surface area contributed by atoms with E-state index in [1.165, 1.54) is 109 Å². The molecule has 0 aromatic rings. The Morgan fingerprint density at radius 1 is 0.474 bits per heavy atom. The number of carbonyl (C=O) groups is 2. The number of phosphoric acid groups is 1. The summed E-state index contributed by atoms with van der Waals surface area (Å²) in [6.07, 6.45) is 74.0. The molecule has 0 fully saturated rings. The Morgan fingerprint density at radius 2 is 0.842 bits per heavy atom. The van der Waals surface area contributed by atoms with Crippen LogP contribution in [0.2, 0.25) is 0 Å². The zero-order chi connectivity index (χ0) is 55.7. The SMILES string of the molecule is CC/C=C\C/C=C\C/C=C\C/C=C\C/C=C\CCCCCC(=O)NC(COP(=O)(O)OCC[N+](C)(C)C)C(/C=C/CCCCCCCCCCCC)OC(=O)CCCCCCCCCCC/C=C\C/C=C\CCCCC. The summed E-state index contributed by atoms with van der Waals surface area (Å²) < 4.78 is 30.7. The van der Waals surface area contributed by atoms with Crippen molar-refractivity contribution in [2.24, 2.45) is 0 Å². The number of unbranched alkanes of at least 4 members (excludes halogenated alkanes) is 25. The van der Waals surface area contributed by atoms with Gasteiger partial charge < -0.3 is 19.4 Å². The molecule has 0 aliphatic heterocycles. The number of amides is 1. The number of quaternary nitrogens is 1. The molecule has 76 heavy (non-hydrogen) atoms.